The van der Waals surface area contributed by atoms with Crippen LogP contribution in [0.3, 0.4) is 0 Å². The minimum Gasteiger partial charge on any atom is -0.336 e. The van der Waals surface area contributed by atoms with Crippen molar-refractivity contribution in [3.8, 4) is 0 Å². The maximum atomic E-state index is 13.0. The molecule has 2 aliphatic heterocycles. The van der Waals surface area contributed by atoms with E-state index in [1.807, 2.05) is 31.2 Å². The van der Waals surface area contributed by atoms with Crippen molar-refractivity contribution < 1.29 is 4.79 Å². The molecule has 2 bridgehead atoms. The Kier molecular flexibility index (Phi) is 4.29. The number of carbonyl (C=O) groups excluding carboxylic acids is 1. The van der Waals surface area contributed by atoms with E-state index in [1.54, 1.807) is 0 Å². The molecule has 2 aliphatic rings. The maximum Gasteiger partial charge on any atom is 0.254 e. The lowest BCUT2D eigenvalue weighted by atomic mass is 9.96. The summed E-state index contributed by atoms with van der Waals surface area (Å²) in [5.41, 5.74) is 1.96. The van der Waals surface area contributed by atoms with Crippen LogP contribution in [0.1, 0.15) is 54.9 Å². The predicted octanol–water partition coefficient (Wildman–Crippen LogP) is 3.13. The third-order valence-electron chi connectivity index (χ3n) is 4.99. The van der Waals surface area contributed by atoms with Gasteiger partial charge in [-0.05, 0) is 50.7 Å². The highest BCUT2D eigenvalue weighted by Crippen LogP contribution is 2.30. The third kappa shape index (κ3) is 2.98. The van der Waals surface area contributed by atoms with Gasteiger partial charge in [0, 0.05) is 30.2 Å². The zero-order valence-electron chi connectivity index (χ0n) is 13.1. The molecule has 1 N–H and O–H groups in total. The summed E-state index contributed by atoms with van der Waals surface area (Å²) >= 11 is 0. The molecule has 2 heterocycles. The number of hydrogen-bond acceptors (Lipinski definition) is 2. The van der Waals surface area contributed by atoms with E-state index >= 15 is 0 Å². The smallest absolute Gasteiger partial charge is 0.254 e. The summed E-state index contributed by atoms with van der Waals surface area (Å²) in [7, 11) is 0. The molecule has 2 unspecified atom stereocenters. The summed E-state index contributed by atoms with van der Waals surface area (Å²) in [6, 6.07) is 9.63. The first-order chi connectivity index (χ1) is 10.2. The Bertz CT molecular complexity index is 502. The molecule has 0 saturated carbocycles. The molecule has 3 heteroatoms. The van der Waals surface area contributed by atoms with Gasteiger partial charge in [0.1, 0.15) is 0 Å². The van der Waals surface area contributed by atoms with Crippen LogP contribution in [0, 0.1) is 6.92 Å². The van der Waals surface area contributed by atoms with E-state index in [9.17, 15) is 4.79 Å². The van der Waals surface area contributed by atoms with Gasteiger partial charge < -0.3 is 10.2 Å². The molecule has 1 aromatic carbocycles. The monoisotopic (exact) mass is 286 g/mol. The van der Waals surface area contributed by atoms with Gasteiger partial charge in [-0.15, -0.1) is 0 Å². The number of hydrogen-bond donors (Lipinski definition) is 1. The highest BCUT2D eigenvalue weighted by atomic mass is 16.2. The molecule has 21 heavy (non-hydrogen) atoms. The van der Waals surface area contributed by atoms with Crippen LogP contribution in [-0.4, -0.2) is 35.5 Å². The fourth-order valence-corrected chi connectivity index (χ4v) is 3.94. The third-order valence-corrected chi connectivity index (χ3v) is 4.99. The van der Waals surface area contributed by atoms with E-state index in [-0.39, 0.29) is 5.91 Å². The molecule has 1 aromatic rings. The summed E-state index contributed by atoms with van der Waals surface area (Å²) in [5.74, 6) is 0.223. The van der Waals surface area contributed by atoms with Crippen molar-refractivity contribution in [3.05, 3.63) is 35.4 Å². The number of piperidine rings is 1. The minimum atomic E-state index is 0.223. The van der Waals surface area contributed by atoms with E-state index in [4.69, 9.17) is 0 Å². The van der Waals surface area contributed by atoms with Crippen LogP contribution in [0.2, 0.25) is 0 Å². The van der Waals surface area contributed by atoms with E-state index < -0.39 is 0 Å². The second kappa shape index (κ2) is 6.18. The van der Waals surface area contributed by atoms with Gasteiger partial charge in [0.25, 0.3) is 5.91 Å². The summed E-state index contributed by atoms with van der Waals surface area (Å²) in [6.45, 7) is 5.06. The topological polar surface area (TPSA) is 32.3 Å². The summed E-state index contributed by atoms with van der Waals surface area (Å²) < 4.78 is 0. The molecule has 3 rings (SSSR count). The van der Waals surface area contributed by atoms with Gasteiger partial charge in [-0.2, -0.15) is 0 Å². The van der Waals surface area contributed by atoms with Crippen molar-refractivity contribution >= 4 is 5.91 Å². The Labute approximate surface area is 127 Å². The molecular weight excluding hydrogens is 260 g/mol. The summed E-state index contributed by atoms with van der Waals surface area (Å²) in [5, 5.41) is 3.67. The predicted molar refractivity (Wildman–Crippen MR) is 85.5 cm³/mol. The number of fused-ring (bicyclic) bond motifs is 2. The van der Waals surface area contributed by atoms with Crippen LogP contribution in [0.25, 0.3) is 0 Å². The van der Waals surface area contributed by atoms with Crippen molar-refractivity contribution in [2.24, 2.45) is 0 Å². The molecule has 2 atom stereocenters. The minimum absolute atomic E-state index is 0.223. The summed E-state index contributed by atoms with van der Waals surface area (Å²) in [4.78, 5) is 15.1. The Hall–Kier alpha value is -1.35. The average molecular weight is 286 g/mol. The van der Waals surface area contributed by atoms with Crippen LogP contribution >= 0.6 is 0 Å². The molecule has 0 aromatic heterocycles. The largest absolute Gasteiger partial charge is 0.336 e. The Morgan fingerprint density at radius 2 is 1.90 bits per heavy atom. The lowest BCUT2D eigenvalue weighted by Crippen LogP contribution is -2.50. The first-order valence-electron chi connectivity index (χ1n) is 8.31. The molecule has 0 radical (unpaired) electrons. The van der Waals surface area contributed by atoms with E-state index in [1.165, 1.54) is 12.8 Å². The fraction of sp³-hybridized carbons (Fsp3) is 0.611. The number of benzene rings is 1. The fourth-order valence-electron chi connectivity index (χ4n) is 3.94. The number of amides is 1. The van der Waals surface area contributed by atoms with Gasteiger partial charge in [0.2, 0.25) is 0 Å². The molecule has 3 nitrogen and oxygen atoms in total. The lowest BCUT2D eigenvalue weighted by Gasteiger charge is -2.38. The zero-order valence-corrected chi connectivity index (χ0v) is 13.1. The van der Waals surface area contributed by atoms with Crippen LogP contribution < -0.4 is 5.32 Å². The Balaban J connectivity index is 1.81. The quantitative estimate of drug-likeness (QED) is 0.922. The highest BCUT2D eigenvalue weighted by molar-refractivity contribution is 5.95. The molecular formula is C18H26N2O. The van der Waals surface area contributed by atoms with Gasteiger partial charge >= 0.3 is 0 Å². The van der Waals surface area contributed by atoms with Gasteiger partial charge in [-0.25, -0.2) is 0 Å². The van der Waals surface area contributed by atoms with Crippen molar-refractivity contribution in [3.63, 3.8) is 0 Å². The molecule has 2 saturated heterocycles. The van der Waals surface area contributed by atoms with Gasteiger partial charge in [0.15, 0.2) is 0 Å². The number of rotatable bonds is 4. The van der Waals surface area contributed by atoms with Crippen LogP contribution in [0.15, 0.2) is 24.3 Å². The Morgan fingerprint density at radius 3 is 2.52 bits per heavy atom. The first kappa shape index (κ1) is 14.6. The van der Waals surface area contributed by atoms with Gasteiger partial charge in [-0.3, -0.25) is 4.79 Å². The second-order valence-corrected chi connectivity index (χ2v) is 6.58. The van der Waals surface area contributed by atoms with Crippen molar-refractivity contribution in [2.75, 3.05) is 6.54 Å². The first-order valence-corrected chi connectivity index (χ1v) is 8.31. The normalized spacial score (nSPS) is 27.6. The molecule has 0 spiro atoms. The lowest BCUT2D eigenvalue weighted by molar-refractivity contribution is 0.0616. The summed E-state index contributed by atoms with van der Waals surface area (Å²) in [6.07, 6.45) is 5.82. The molecule has 0 aliphatic carbocycles. The van der Waals surface area contributed by atoms with Crippen LogP contribution in [0.5, 0.6) is 0 Å². The van der Waals surface area contributed by atoms with Crippen LogP contribution in [0.4, 0.5) is 0 Å². The van der Waals surface area contributed by atoms with Crippen molar-refractivity contribution in [1.29, 1.82) is 0 Å². The number of aryl methyl sites for hydroxylation is 1. The van der Waals surface area contributed by atoms with Crippen molar-refractivity contribution in [1.82, 2.24) is 10.2 Å². The van der Waals surface area contributed by atoms with Crippen LogP contribution in [-0.2, 0) is 0 Å². The number of carbonyl (C=O) groups is 1. The van der Waals surface area contributed by atoms with Gasteiger partial charge in [-0.1, -0.05) is 25.1 Å². The van der Waals surface area contributed by atoms with E-state index in [2.05, 4.69) is 17.1 Å². The number of nitrogens with one attached hydrogen (secondary N) is 1. The van der Waals surface area contributed by atoms with Gasteiger partial charge in [0.05, 0.1) is 0 Å². The average Bonchev–Trinajstić information content (AvgIpc) is 2.83. The highest BCUT2D eigenvalue weighted by Gasteiger charge is 2.37. The van der Waals surface area contributed by atoms with Crippen molar-refractivity contribution in [2.45, 2.75) is 64.1 Å². The SMILES string of the molecule is CCCN(C(=O)c1ccccc1C)C1CC2CCC(C1)N2. The second-order valence-electron chi connectivity index (χ2n) is 6.58. The van der Waals surface area contributed by atoms with E-state index in [0.717, 1.165) is 36.9 Å². The standard InChI is InChI=1S/C18H26N2O/c1-3-10-20(16-11-14-8-9-15(12-16)19-14)18(21)17-7-5-4-6-13(17)2/h4-7,14-16,19H,3,8-12H2,1-2H3. The zero-order chi connectivity index (χ0) is 14.8. The maximum absolute atomic E-state index is 13.0. The Morgan fingerprint density at radius 1 is 1.24 bits per heavy atom. The molecule has 2 fully saturated rings. The number of nitrogens with zero attached hydrogens (tertiary/aromatic N) is 1. The molecule has 114 valence electrons. The van der Waals surface area contributed by atoms with E-state index in [0.29, 0.717) is 18.1 Å². The molecule has 1 amide bonds.